The van der Waals surface area contributed by atoms with Gasteiger partial charge in [0.2, 0.25) is 10.0 Å². The Kier molecular flexibility index (Phi) is 4.26. The highest BCUT2D eigenvalue weighted by Crippen LogP contribution is 2.46. The highest BCUT2D eigenvalue weighted by molar-refractivity contribution is 7.88. The average Bonchev–Trinajstić information content (AvgIpc) is 3.35. The zero-order valence-corrected chi connectivity index (χ0v) is 16.6. The van der Waals surface area contributed by atoms with Crippen LogP contribution >= 0.6 is 0 Å². The maximum Gasteiger partial charge on any atom is 0.211 e. The van der Waals surface area contributed by atoms with Crippen LogP contribution in [0.3, 0.4) is 0 Å². The summed E-state index contributed by atoms with van der Waals surface area (Å²) in [6.07, 6.45) is 5.18. The zero-order chi connectivity index (χ0) is 19.3. The van der Waals surface area contributed by atoms with Crippen molar-refractivity contribution >= 4 is 21.1 Å². The van der Waals surface area contributed by atoms with E-state index in [4.69, 9.17) is 0 Å². The van der Waals surface area contributed by atoms with Crippen molar-refractivity contribution in [1.82, 2.24) is 19.2 Å². The van der Waals surface area contributed by atoms with Crippen molar-refractivity contribution in [3.63, 3.8) is 0 Å². The summed E-state index contributed by atoms with van der Waals surface area (Å²) >= 11 is 0. The molecule has 1 aromatic carbocycles. The van der Waals surface area contributed by atoms with Crippen LogP contribution in [0.25, 0.3) is 11.0 Å². The lowest BCUT2D eigenvalue weighted by Crippen LogP contribution is -2.34. The molecule has 146 valence electrons. The Morgan fingerprint density at radius 1 is 1.11 bits per heavy atom. The lowest BCUT2D eigenvalue weighted by molar-refractivity contribution is 0.261. The topological polar surface area (TPSA) is 69.3 Å². The van der Waals surface area contributed by atoms with Gasteiger partial charge in [0, 0.05) is 44.0 Å². The summed E-state index contributed by atoms with van der Waals surface area (Å²) in [5.74, 6) is 0.684. The van der Waals surface area contributed by atoms with Gasteiger partial charge in [-0.2, -0.15) is 4.31 Å². The van der Waals surface area contributed by atoms with Crippen molar-refractivity contribution in [3.8, 4) is 0 Å². The highest BCUT2D eigenvalue weighted by Gasteiger charge is 2.50. The number of nitrogens with zero attached hydrogens (tertiary/aromatic N) is 3. The first-order chi connectivity index (χ1) is 13.5. The van der Waals surface area contributed by atoms with Gasteiger partial charge in [-0.15, -0.1) is 0 Å². The first kappa shape index (κ1) is 17.8. The normalized spacial score (nSPS) is 26.1. The smallest absolute Gasteiger partial charge is 0.211 e. The first-order valence-corrected chi connectivity index (χ1v) is 11.5. The molecule has 2 aromatic heterocycles. The van der Waals surface area contributed by atoms with E-state index in [9.17, 15) is 8.42 Å². The van der Waals surface area contributed by atoms with E-state index >= 15 is 0 Å². The molecular weight excluding hydrogens is 372 g/mol. The number of hydrogen-bond donors (Lipinski definition) is 1. The maximum atomic E-state index is 12.4. The summed E-state index contributed by atoms with van der Waals surface area (Å²) in [5, 5.41) is 1.16. The Balaban J connectivity index is 1.41. The number of hydrogen-bond acceptors (Lipinski definition) is 4. The maximum absolute atomic E-state index is 12.4. The summed E-state index contributed by atoms with van der Waals surface area (Å²) in [6.45, 7) is 3.30. The van der Waals surface area contributed by atoms with Crippen molar-refractivity contribution in [2.75, 3.05) is 25.9 Å². The van der Waals surface area contributed by atoms with E-state index in [1.54, 1.807) is 10.5 Å². The van der Waals surface area contributed by atoms with Crippen LogP contribution in [0.15, 0.2) is 54.9 Å². The van der Waals surface area contributed by atoms with Crippen LogP contribution in [0.5, 0.6) is 0 Å². The minimum absolute atomic E-state index is 0.0733. The van der Waals surface area contributed by atoms with Gasteiger partial charge in [0.05, 0.1) is 12.3 Å². The van der Waals surface area contributed by atoms with Crippen molar-refractivity contribution < 1.29 is 8.42 Å². The molecule has 0 amide bonds. The largest absolute Gasteiger partial charge is 0.346 e. The molecule has 0 unspecified atom stereocenters. The molecule has 0 aliphatic carbocycles. The molecule has 6 nitrogen and oxygen atoms in total. The quantitative estimate of drug-likeness (QED) is 0.736. The molecule has 0 spiro atoms. The molecule has 2 fully saturated rings. The molecule has 3 atom stereocenters. The second-order valence-corrected chi connectivity index (χ2v) is 9.95. The van der Waals surface area contributed by atoms with E-state index in [0.717, 1.165) is 36.2 Å². The second kappa shape index (κ2) is 6.69. The molecule has 5 rings (SSSR count). The molecule has 0 radical (unpaired) electrons. The molecule has 2 saturated heterocycles. The van der Waals surface area contributed by atoms with Gasteiger partial charge in [-0.3, -0.25) is 4.90 Å². The number of fused-ring (bicyclic) bond motifs is 2. The Bertz CT molecular complexity index is 1100. The predicted octanol–water partition coefficient (Wildman–Crippen LogP) is 2.63. The molecule has 1 N–H and O–H groups in total. The number of rotatable bonds is 4. The Morgan fingerprint density at radius 3 is 2.71 bits per heavy atom. The lowest BCUT2D eigenvalue weighted by Gasteiger charge is -2.28. The van der Waals surface area contributed by atoms with Gasteiger partial charge in [-0.05, 0) is 35.1 Å². The number of aromatic nitrogens is 2. The van der Waals surface area contributed by atoms with Gasteiger partial charge in [0.1, 0.15) is 5.65 Å². The Morgan fingerprint density at radius 2 is 1.93 bits per heavy atom. The molecule has 4 heterocycles. The predicted molar refractivity (Wildman–Crippen MR) is 109 cm³/mol. The molecule has 2 aliphatic rings. The van der Waals surface area contributed by atoms with Crippen LogP contribution in [-0.2, 0) is 16.6 Å². The van der Waals surface area contributed by atoms with Crippen LogP contribution in [0.1, 0.15) is 17.2 Å². The molecule has 3 aromatic rings. The number of H-pyrrole nitrogens is 1. The van der Waals surface area contributed by atoms with Crippen LogP contribution in [0.4, 0.5) is 0 Å². The third kappa shape index (κ3) is 3.03. The Hall–Kier alpha value is -2.22. The van der Waals surface area contributed by atoms with Crippen molar-refractivity contribution in [3.05, 3.63) is 66.0 Å². The van der Waals surface area contributed by atoms with E-state index in [1.807, 2.05) is 30.5 Å². The number of benzene rings is 1. The van der Waals surface area contributed by atoms with Gasteiger partial charge in [0.25, 0.3) is 0 Å². The van der Waals surface area contributed by atoms with E-state index in [1.165, 1.54) is 11.8 Å². The third-order valence-corrected chi connectivity index (χ3v) is 7.42. The van der Waals surface area contributed by atoms with Gasteiger partial charge in [-0.25, -0.2) is 13.4 Å². The summed E-state index contributed by atoms with van der Waals surface area (Å²) in [6, 6.07) is 14.1. The Labute approximate surface area is 165 Å². The van der Waals surface area contributed by atoms with Crippen LogP contribution in [0, 0.1) is 11.8 Å². The molecule has 2 aliphatic heterocycles. The van der Waals surface area contributed by atoms with Gasteiger partial charge < -0.3 is 4.98 Å². The summed E-state index contributed by atoms with van der Waals surface area (Å²) in [5.41, 5.74) is 3.26. The van der Waals surface area contributed by atoms with Crippen LogP contribution in [0.2, 0.25) is 0 Å². The zero-order valence-electron chi connectivity index (χ0n) is 15.8. The molecule has 0 saturated carbocycles. The molecule has 28 heavy (non-hydrogen) atoms. The van der Waals surface area contributed by atoms with Crippen molar-refractivity contribution in [1.29, 1.82) is 0 Å². The number of pyridine rings is 1. The fraction of sp³-hybridized carbons (Fsp3) is 0.381. The van der Waals surface area contributed by atoms with E-state index in [-0.39, 0.29) is 6.04 Å². The summed E-state index contributed by atoms with van der Waals surface area (Å²) in [4.78, 5) is 10.1. The molecular formula is C21H24N4O2S. The van der Waals surface area contributed by atoms with E-state index in [2.05, 4.69) is 33.1 Å². The number of sulfonamides is 1. The number of aromatic amines is 1. The standard InChI is InChI=1S/C21H24N4O2S/c1-28(26,27)25-13-17-12-24(11-16-10-23-21-18(16)8-5-9-22-21)14-19(17)20(25)15-6-3-2-4-7-15/h2-10,17,19-20H,11-14H2,1H3,(H,22,23)/t17-,19-,20+/m1/s1. The number of nitrogens with one attached hydrogen (secondary N) is 1. The first-order valence-electron chi connectivity index (χ1n) is 9.66. The fourth-order valence-corrected chi connectivity index (χ4v) is 6.17. The molecule has 7 heteroatoms. The average molecular weight is 397 g/mol. The van der Waals surface area contributed by atoms with Crippen LogP contribution in [-0.4, -0.2) is 53.5 Å². The third-order valence-electron chi connectivity index (χ3n) is 6.20. The van der Waals surface area contributed by atoms with Crippen molar-refractivity contribution in [2.45, 2.75) is 12.6 Å². The monoisotopic (exact) mass is 396 g/mol. The van der Waals surface area contributed by atoms with Crippen molar-refractivity contribution in [2.24, 2.45) is 11.8 Å². The van der Waals surface area contributed by atoms with E-state index < -0.39 is 10.0 Å². The lowest BCUT2D eigenvalue weighted by atomic mass is 9.90. The van der Waals surface area contributed by atoms with Gasteiger partial charge in [-0.1, -0.05) is 30.3 Å². The fourth-order valence-electron chi connectivity index (χ4n) is 5.02. The minimum atomic E-state index is -3.24. The van der Waals surface area contributed by atoms with Crippen LogP contribution < -0.4 is 0 Å². The summed E-state index contributed by atoms with van der Waals surface area (Å²) in [7, 11) is -3.24. The molecule has 0 bridgehead atoms. The minimum Gasteiger partial charge on any atom is -0.346 e. The second-order valence-electron chi connectivity index (χ2n) is 8.02. The van der Waals surface area contributed by atoms with Gasteiger partial charge >= 0.3 is 0 Å². The SMILES string of the molecule is CS(=O)(=O)N1C[C@H]2CN(Cc3c[nH]c4ncccc34)C[C@H]2[C@@H]1c1ccccc1. The number of likely N-dealkylation sites (tertiary alicyclic amines) is 1. The van der Waals surface area contributed by atoms with Gasteiger partial charge in [0.15, 0.2) is 0 Å². The highest BCUT2D eigenvalue weighted by atomic mass is 32.2. The summed E-state index contributed by atoms with van der Waals surface area (Å²) < 4.78 is 26.6. The van der Waals surface area contributed by atoms with E-state index in [0.29, 0.717) is 18.4 Å².